The van der Waals surface area contributed by atoms with Crippen molar-refractivity contribution in [1.82, 2.24) is 15.0 Å². The van der Waals surface area contributed by atoms with Crippen molar-refractivity contribution in [3.63, 3.8) is 0 Å². The molecule has 1 aliphatic heterocycles. The third-order valence-electron chi connectivity index (χ3n) is 4.90. The van der Waals surface area contributed by atoms with Crippen LogP contribution in [0, 0.1) is 13.8 Å². The van der Waals surface area contributed by atoms with Gasteiger partial charge in [-0.15, -0.1) is 0 Å². The van der Waals surface area contributed by atoms with E-state index in [0.29, 0.717) is 0 Å². The van der Waals surface area contributed by atoms with Gasteiger partial charge >= 0.3 is 0 Å². The molecule has 0 aliphatic carbocycles. The first-order valence-corrected chi connectivity index (χ1v) is 9.26. The van der Waals surface area contributed by atoms with Gasteiger partial charge in [-0.05, 0) is 51.0 Å². The second kappa shape index (κ2) is 7.12. The van der Waals surface area contributed by atoms with Gasteiger partial charge in [0, 0.05) is 42.8 Å². The molecule has 27 heavy (non-hydrogen) atoms. The zero-order valence-electron chi connectivity index (χ0n) is 16.1. The van der Waals surface area contributed by atoms with Gasteiger partial charge in [0.1, 0.15) is 5.76 Å². The highest BCUT2D eigenvalue weighted by Crippen LogP contribution is 2.35. The Morgan fingerprint density at radius 2 is 1.78 bits per heavy atom. The highest BCUT2D eigenvalue weighted by Gasteiger charge is 2.25. The molecule has 3 aromatic rings. The quantitative estimate of drug-likeness (QED) is 0.699. The highest BCUT2D eigenvalue weighted by molar-refractivity contribution is 5.82. The second-order valence-electron chi connectivity index (χ2n) is 7.18. The van der Waals surface area contributed by atoms with Crippen LogP contribution in [-0.4, -0.2) is 40.2 Å². The van der Waals surface area contributed by atoms with E-state index in [1.54, 1.807) is 12.5 Å². The Labute approximate surface area is 159 Å². The van der Waals surface area contributed by atoms with E-state index in [2.05, 4.69) is 23.7 Å². The van der Waals surface area contributed by atoms with Crippen molar-refractivity contribution in [3.8, 4) is 22.4 Å². The van der Waals surface area contributed by atoms with Crippen LogP contribution in [-0.2, 0) is 4.74 Å². The van der Waals surface area contributed by atoms with Crippen LogP contribution < -0.4 is 4.90 Å². The number of anilines is 1. The number of nitrogens with zero attached hydrogens (tertiary/aromatic N) is 4. The normalized spacial score (nSPS) is 20.1. The topological polar surface area (TPSA) is 64.3 Å². The van der Waals surface area contributed by atoms with Crippen LogP contribution in [0.1, 0.15) is 25.2 Å². The minimum absolute atomic E-state index is 0.151. The molecule has 0 spiro atoms. The van der Waals surface area contributed by atoms with Gasteiger partial charge in [-0.25, -0.2) is 9.97 Å². The average Bonchev–Trinajstić information content (AvgIpc) is 3.07. The molecule has 3 aromatic heterocycles. The molecule has 140 valence electrons. The van der Waals surface area contributed by atoms with Crippen molar-refractivity contribution >= 4 is 5.95 Å². The predicted molar refractivity (Wildman–Crippen MR) is 105 cm³/mol. The summed E-state index contributed by atoms with van der Waals surface area (Å²) in [6, 6.07) is 3.97. The molecule has 1 aliphatic rings. The summed E-state index contributed by atoms with van der Waals surface area (Å²) in [5.74, 6) is 1.57. The lowest BCUT2D eigenvalue weighted by Crippen LogP contribution is -2.46. The summed E-state index contributed by atoms with van der Waals surface area (Å²) in [4.78, 5) is 16.1. The van der Waals surface area contributed by atoms with Crippen molar-refractivity contribution in [2.45, 2.75) is 39.9 Å². The largest absolute Gasteiger partial charge is 0.469 e. The highest BCUT2D eigenvalue weighted by atomic mass is 16.5. The van der Waals surface area contributed by atoms with E-state index < -0.39 is 0 Å². The molecule has 6 nitrogen and oxygen atoms in total. The standard InChI is InChI=1S/C21H24N4O2/c1-13-9-22-7-5-17(13)19-10-23-21(25-11-14(2)27-15(3)12-25)24-20(19)18-6-8-26-16(18)4/h5-10,14-15H,11-12H2,1-4H3. The summed E-state index contributed by atoms with van der Waals surface area (Å²) in [6.07, 6.45) is 7.58. The van der Waals surface area contributed by atoms with Crippen LogP contribution in [0.15, 0.2) is 41.4 Å². The van der Waals surface area contributed by atoms with Gasteiger partial charge in [0.05, 0.1) is 24.2 Å². The molecule has 2 unspecified atom stereocenters. The van der Waals surface area contributed by atoms with E-state index in [0.717, 1.165) is 52.7 Å². The molecule has 4 heterocycles. The van der Waals surface area contributed by atoms with Crippen LogP contribution in [0.2, 0.25) is 0 Å². The molecule has 0 bridgehead atoms. The van der Waals surface area contributed by atoms with E-state index >= 15 is 0 Å². The molecule has 6 heteroatoms. The minimum Gasteiger partial charge on any atom is -0.469 e. The number of rotatable bonds is 3. The number of aromatic nitrogens is 3. The molecule has 4 rings (SSSR count). The van der Waals surface area contributed by atoms with Gasteiger partial charge < -0.3 is 14.1 Å². The zero-order chi connectivity index (χ0) is 19.0. The Bertz CT molecular complexity index is 943. The first-order valence-electron chi connectivity index (χ1n) is 9.26. The van der Waals surface area contributed by atoms with Crippen LogP contribution in [0.4, 0.5) is 5.95 Å². The molecule has 1 fully saturated rings. The summed E-state index contributed by atoms with van der Waals surface area (Å²) in [5, 5.41) is 0. The van der Waals surface area contributed by atoms with Gasteiger partial charge in [-0.3, -0.25) is 4.98 Å². The van der Waals surface area contributed by atoms with E-state index in [1.165, 1.54) is 0 Å². The van der Waals surface area contributed by atoms with Crippen molar-refractivity contribution < 1.29 is 9.15 Å². The maximum Gasteiger partial charge on any atom is 0.226 e. The molecule has 2 atom stereocenters. The van der Waals surface area contributed by atoms with Gasteiger partial charge in [0.2, 0.25) is 5.95 Å². The number of furan rings is 1. The van der Waals surface area contributed by atoms with E-state index in [9.17, 15) is 0 Å². The Morgan fingerprint density at radius 3 is 2.44 bits per heavy atom. The van der Waals surface area contributed by atoms with Crippen LogP contribution in [0.25, 0.3) is 22.4 Å². The fraction of sp³-hybridized carbons (Fsp3) is 0.381. The Balaban J connectivity index is 1.84. The maximum absolute atomic E-state index is 5.85. The number of ether oxygens (including phenoxy) is 1. The fourth-order valence-electron chi connectivity index (χ4n) is 3.67. The predicted octanol–water partition coefficient (Wildman–Crippen LogP) is 4.03. The summed E-state index contributed by atoms with van der Waals surface area (Å²) in [5.41, 5.74) is 5.02. The summed E-state index contributed by atoms with van der Waals surface area (Å²) < 4.78 is 11.4. The van der Waals surface area contributed by atoms with Gasteiger partial charge in [0.15, 0.2) is 0 Å². The van der Waals surface area contributed by atoms with Gasteiger partial charge in [-0.2, -0.15) is 0 Å². The lowest BCUT2D eigenvalue weighted by Gasteiger charge is -2.35. The molecule has 0 N–H and O–H groups in total. The molecular formula is C21H24N4O2. The van der Waals surface area contributed by atoms with Crippen molar-refractivity contribution in [3.05, 3.63) is 48.3 Å². The number of pyridine rings is 1. The van der Waals surface area contributed by atoms with Crippen LogP contribution in [0.3, 0.4) is 0 Å². The number of aryl methyl sites for hydroxylation is 2. The Morgan fingerprint density at radius 1 is 1.00 bits per heavy atom. The van der Waals surface area contributed by atoms with Crippen molar-refractivity contribution in [2.24, 2.45) is 0 Å². The van der Waals surface area contributed by atoms with Crippen molar-refractivity contribution in [2.75, 3.05) is 18.0 Å². The van der Waals surface area contributed by atoms with E-state index in [4.69, 9.17) is 19.1 Å². The first-order chi connectivity index (χ1) is 13.0. The first kappa shape index (κ1) is 17.7. The maximum atomic E-state index is 5.85. The lowest BCUT2D eigenvalue weighted by atomic mass is 9.99. The van der Waals surface area contributed by atoms with Gasteiger partial charge in [-0.1, -0.05) is 0 Å². The molecule has 0 aromatic carbocycles. The third kappa shape index (κ3) is 3.45. The molecule has 0 saturated carbocycles. The summed E-state index contributed by atoms with van der Waals surface area (Å²) >= 11 is 0. The van der Waals surface area contributed by atoms with Crippen LogP contribution >= 0.6 is 0 Å². The fourth-order valence-corrected chi connectivity index (χ4v) is 3.67. The van der Waals surface area contributed by atoms with E-state index in [-0.39, 0.29) is 12.2 Å². The lowest BCUT2D eigenvalue weighted by molar-refractivity contribution is -0.00571. The number of hydrogen-bond donors (Lipinski definition) is 0. The summed E-state index contributed by atoms with van der Waals surface area (Å²) in [7, 11) is 0. The Hall–Kier alpha value is -2.73. The van der Waals surface area contributed by atoms with E-state index in [1.807, 2.05) is 38.4 Å². The smallest absolute Gasteiger partial charge is 0.226 e. The third-order valence-corrected chi connectivity index (χ3v) is 4.90. The number of morpholine rings is 1. The zero-order valence-corrected chi connectivity index (χ0v) is 16.1. The van der Waals surface area contributed by atoms with Crippen LogP contribution in [0.5, 0.6) is 0 Å². The van der Waals surface area contributed by atoms with Crippen molar-refractivity contribution in [1.29, 1.82) is 0 Å². The SMILES string of the molecule is Cc1cnccc1-c1cnc(N2CC(C)OC(C)C2)nc1-c1ccoc1C. The molecule has 0 radical (unpaired) electrons. The Kier molecular flexibility index (Phi) is 4.66. The average molecular weight is 364 g/mol. The minimum atomic E-state index is 0.151. The summed E-state index contributed by atoms with van der Waals surface area (Å²) in [6.45, 7) is 9.73. The molecular weight excluding hydrogens is 340 g/mol. The monoisotopic (exact) mass is 364 g/mol. The molecule has 1 saturated heterocycles. The molecule has 0 amide bonds. The van der Waals surface area contributed by atoms with Gasteiger partial charge in [0.25, 0.3) is 0 Å². The number of hydrogen-bond acceptors (Lipinski definition) is 6. The second-order valence-corrected chi connectivity index (χ2v) is 7.18.